The van der Waals surface area contributed by atoms with Crippen LogP contribution in [0.3, 0.4) is 0 Å². The van der Waals surface area contributed by atoms with Gasteiger partial charge in [0.1, 0.15) is 0 Å². The van der Waals surface area contributed by atoms with Crippen molar-refractivity contribution >= 4 is 11.3 Å². The highest BCUT2D eigenvalue weighted by atomic mass is 32.1. The van der Waals surface area contributed by atoms with Crippen LogP contribution in [0, 0.1) is 0 Å². The van der Waals surface area contributed by atoms with E-state index in [0.717, 1.165) is 0 Å². The van der Waals surface area contributed by atoms with E-state index >= 15 is 0 Å². The van der Waals surface area contributed by atoms with Gasteiger partial charge in [-0.2, -0.15) is 0 Å². The van der Waals surface area contributed by atoms with Gasteiger partial charge in [0.25, 0.3) is 0 Å². The lowest BCUT2D eigenvalue weighted by molar-refractivity contribution is 1.24. The Labute approximate surface area is 73.7 Å². The molecule has 1 N–H and O–H groups in total. The van der Waals surface area contributed by atoms with Crippen LogP contribution in [-0.4, -0.2) is 9.97 Å². The molecule has 62 valence electrons. The summed E-state index contributed by atoms with van der Waals surface area (Å²) in [4.78, 5) is 16.4. The molecule has 0 atom stereocenters. The topological polar surface area (TPSA) is 45.8 Å². The molecular weight excluding hydrogens is 172 g/mol. The van der Waals surface area contributed by atoms with Gasteiger partial charge in [-0.15, -0.1) is 11.3 Å². The summed E-state index contributed by atoms with van der Waals surface area (Å²) in [5, 5.41) is 1.93. The highest BCUT2D eigenvalue weighted by Gasteiger charge is 1.69. The molecule has 0 aliphatic carbocycles. The Morgan fingerprint density at radius 3 is 2.58 bits per heavy atom. The van der Waals surface area contributed by atoms with Crippen molar-refractivity contribution in [2.75, 3.05) is 0 Å². The van der Waals surface area contributed by atoms with Crippen LogP contribution < -0.4 is 5.56 Å². The molecule has 0 saturated carbocycles. The van der Waals surface area contributed by atoms with Crippen LogP contribution in [0.1, 0.15) is 0 Å². The van der Waals surface area contributed by atoms with Gasteiger partial charge in [-0.05, 0) is 6.07 Å². The first-order valence-corrected chi connectivity index (χ1v) is 4.30. The lowest BCUT2D eigenvalue weighted by atomic mass is 10.5. The Hall–Kier alpha value is -1.42. The first-order valence-electron chi connectivity index (χ1n) is 3.35. The zero-order valence-corrected chi connectivity index (χ0v) is 7.12. The standard InChI is InChI=1S/C5H5NO.C3H3NS/c7-5-3-1-2-4-6-5;1-2-5-3-4-1/h1-4H,(H,6,7);1-3H. The average molecular weight is 180 g/mol. The number of nitrogens with one attached hydrogen (secondary N) is 1. The molecule has 2 heterocycles. The second-order valence-corrected chi connectivity index (χ2v) is 2.66. The van der Waals surface area contributed by atoms with Crippen LogP contribution in [0.15, 0.2) is 46.3 Å². The monoisotopic (exact) mass is 180 g/mol. The van der Waals surface area contributed by atoms with Gasteiger partial charge in [0.2, 0.25) is 5.56 Å². The molecule has 0 saturated heterocycles. The Bertz CT molecular complexity index is 307. The minimum atomic E-state index is -0.0532. The maximum Gasteiger partial charge on any atom is 0.247 e. The fraction of sp³-hybridized carbons (Fsp3) is 0. The van der Waals surface area contributed by atoms with Gasteiger partial charge in [-0.3, -0.25) is 9.78 Å². The molecule has 2 rings (SSSR count). The van der Waals surface area contributed by atoms with Crippen molar-refractivity contribution in [3.8, 4) is 0 Å². The predicted octanol–water partition coefficient (Wildman–Crippen LogP) is 1.52. The number of aromatic amines is 1. The average Bonchev–Trinajstić information content (AvgIpc) is 2.62. The third-order valence-electron chi connectivity index (χ3n) is 1.03. The van der Waals surface area contributed by atoms with Gasteiger partial charge < -0.3 is 4.98 Å². The largest absolute Gasteiger partial charge is 0.329 e. The highest BCUT2D eigenvalue weighted by Crippen LogP contribution is 1.85. The maximum absolute atomic E-state index is 10.2. The SMILES string of the molecule is O=c1cccc[nH]1.c1cscn1. The van der Waals surface area contributed by atoms with E-state index in [1.165, 1.54) is 6.07 Å². The van der Waals surface area contributed by atoms with Gasteiger partial charge in [-0.1, -0.05) is 6.07 Å². The van der Waals surface area contributed by atoms with Crippen LogP contribution in [0.25, 0.3) is 0 Å². The van der Waals surface area contributed by atoms with E-state index < -0.39 is 0 Å². The normalized spacial score (nSPS) is 8.33. The van der Waals surface area contributed by atoms with E-state index in [1.807, 2.05) is 5.38 Å². The molecule has 0 aliphatic heterocycles. The smallest absolute Gasteiger partial charge is 0.247 e. The summed E-state index contributed by atoms with van der Waals surface area (Å²) in [5.41, 5.74) is 1.74. The molecule has 0 radical (unpaired) electrons. The zero-order chi connectivity index (χ0) is 8.65. The Kier molecular flexibility index (Phi) is 3.80. The zero-order valence-electron chi connectivity index (χ0n) is 6.31. The third-order valence-corrected chi connectivity index (χ3v) is 1.55. The fourth-order valence-corrected chi connectivity index (χ4v) is 0.904. The lowest BCUT2D eigenvalue weighted by Gasteiger charge is -1.73. The molecule has 3 nitrogen and oxygen atoms in total. The molecule has 0 fully saturated rings. The number of thiazole rings is 1. The molecule has 0 amide bonds. The van der Waals surface area contributed by atoms with E-state index in [9.17, 15) is 4.79 Å². The lowest BCUT2D eigenvalue weighted by Crippen LogP contribution is -1.98. The minimum absolute atomic E-state index is 0.0532. The summed E-state index contributed by atoms with van der Waals surface area (Å²) >= 11 is 1.60. The van der Waals surface area contributed by atoms with Crippen LogP contribution >= 0.6 is 11.3 Å². The van der Waals surface area contributed by atoms with Crippen molar-refractivity contribution in [2.24, 2.45) is 0 Å². The fourth-order valence-electron chi connectivity index (χ4n) is 0.553. The summed E-state index contributed by atoms with van der Waals surface area (Å²) in [7, 11) is 0. The van der Waals surface area contributed by atoms with Gasteiger partial charge >= 0.3 is 0 Å². The molecule has 0 unspecified atom stereocenters. The van der Waals surface area contributed by atoms with Crippen LogP contribution in [0.2, 0.25) is 0 Å². The predicted molar refractivity (Wildman–Crippen MR) is 49.2 cm³/mol. The van der Waals surface area contributed by atoms with Gasteiger partial charge in [-0.25, -0.2) is 0 Å². The molecule has 0 aliphatic rings. The second kappa shape index (κ2) is 5.26. The van der Waals surface area contributed by atoms with Crippen molar-refractivity contribution in [3.05, 3.63) is 51.8 Å². The number of hydrogen-bond acceptors (Lipinski definition) is 3. The number of rotatable bonds is 0. The van der Waals surface area contributed by atoms with Crippen molar-refractivity contribution in [1.29, 1.82) is 0 Å². The van der Waals surface area contributed by atoms with Crippen molar-refractivity contribution in [1.82, 2.24) is 9.97 Å². The van der Waals surface area contributed by atoms with E-state index in [-0.39, 0.29) is 5.56 Å². The van der Waals surface area contributed by atoms with Gasteiger partial charge in [0.15, 0.2) is 0 Å². The molecule has 2 aromatic heterocycles. The summed E-state index contributed by atoms with van der Waals surface area (Å²) < 4.78 is 0. The van der Waals surface area contributed by atoms with Crippen LogP contribution in [0.5, 0.6) is 0 Å². The molecule has 0 aromatic carbocycles. The number of H-pyrrole nitrogens is 1. The molecule has 2 aromatic rings. The van der Waals surface area contributed by atoms with Crippen LogP contribution in [0.4, 0.5) is 0 Å². The Morgan fingerprint density at radius 1 is 1.42 bits per heavy atom. The molecule has 0 spiro atoms. The highest BCUT2D eigenvalue weighted by molar-refractivity contribution is 7.07. The summed E-state index contributed by atoms with van der Waals surface area (Å²) in [6.45, 7) is 0. The number of aromatic nitrogens is 2. The third kappa shape index (κ3) is 3.68. The second-order valence-electron chi connectivity index (χ2n) is 1.90. The van der Waals surface area contributed by atoms with Crippen molar-refractivity contribution in [2.45, 2.75) is 0 Å². The number of nitrogens with zero attached hydrogens (tertiary/aromatic N) is 1. The first kappa shape index (κ1) is 8.67. The first-order chi connectivity index (χ1) is 5.89. The number of hydrogen-bond donors (Lipinski definition) is 1. The molecule has 0 bridgehead atoms. The Balaban J connectivity index is 0.000000127. The molecule has 12 heavy (non-hydrogen) atoms. The van der Waals surface area contributed by atoms with Gasteiger partial charge in [0, 0.05) is 23.8 Å². The van der Waals surface area contributed by atoms with Gasteiger partial charge in [0.05, 0.1) is 5.51 Å². The summed E-state index contributed by atoms with van der Waals surface area (Å²) in [5.74, 6) is 0. The van der Waals surface area contributed by atoms with E-state index in [2.05, 4.69) is 9.97 Å². The maximum atomic E-state index is 10.2. The molecule has 4 heteroatoms. The Morgan fingerprint density at radius 2 is 2.33 bits per heavy atom. The van der Waals surface area contributed by atoms with Crippen LogP contribution in [-0.2, 0) is 0 Å². The van der Waals surface area contributed by atoms with E-state index in [4.69, 9.17) is 0 Å². The van der Waals surface area contributed by atoms with E-state index in [0.29, 0.717) is 0 Å². The van der Waals surface area contributed by atoms with E-state index in [1.54, 1.807) is 41.4 Å². The molecular formula is C8H8N2OS. The van der Waals surface area contributed by atoms with Crippen molar-refractivity contribution < 1.29 is 0 Å². The summed E-state index contributed by atoms with van der Waals surface area (Å²) in [6.07, 6.45) is 3.37. The number of pyridine rings is 1. The quantitative estimate of drug-likeness (QED) is 0.668. The minimum Gasteiger partial charge on any atom is -0.329 e. The summed E-state index contributed by atoms with van der Waals surface area (Å²) in [6, 6.07) is 4.93. The van der Waals surface area contributed by atoms with Crippen molar-refractivity contribution in [3.63, 3.8) is 0 Å².